The maximum Gasteiger partial charge on any atom is 0.337 e. The number of rotatable bonds is 3. The molecule has 27 heavy (non-hydrogen) atoms. The van der Waals surface area contributed by atoms with E-state index in [0.29, 0.717) is 35.1 Å². The zero-order valence-corrected chi connectivity index (χ0v) is 15.3. The average molecular weight is 368 g/mol. The van der Waals surface area contributed by atoms with Crippen molar-refractivity contribution >= 4 is 17.7 Å². The molecule has 2 amide bonds. The minimum absolute atomic E-state index is 0.298. The molecule has 3 rings (SSSR count). The highest BCUT2D eigenvalue weighted by molar-refractivity contribution is 5.91. The smallest absolute Gasteiger partial charge is 0.337 e. The van der Waals surface area contributed by atoms with Gasteiger partial charge in [0, 0.05) is 17.5 Å². The van der Waals surface area contributed by atoms with Crippen molar-refractivity contribution in [1.82, 2.24) is 4.90 Å². The third-order valence-corrected chi connectivity index (χ3v) is 4.04. The van der Waals surface area contributed by atoms with Crippen LogP contribution in [0.4, 0.5) is 10.5 Å². The Labute approximate surface area is 157 Å². The van der Waals surface area contributed by atoms with E-state index in [0.717, 1.165) is 5.56 Å². The normalized spacial score (nSPS) is 12.9. The number of hydrogen-bond donors (Lipinski definition) is 1. The second-order valence-corrected chi connectivity index (χ2v) is 5.94. The van der Waals surface area contributed by atoms with Crippen LogP contribution in [0.1, 0.15) is 22.8 Å². The molecule has 0 spiro atoms. The molecular formula is C20H20N2O5. The molecule has 1 N–H and O–H groups in total. The summed E-state index contributed by atoms with van der Waals surface area (Å²) >= 11 is 0. The van der Waals surface area contributed by atoms with Gasteiger partial charge in [0.2, 0.25) is 0 Å². The molecular weight excluding hydrogens is 348 g/mol. The van der Waals surface area contributed by atoms with Gasteiger partial charge in [0.25, 0.3) is 0 Å². The van der Waals surface area contributed by atoms with E-state index in [2.05, 4.69) is 5.32 Å². The van der Waals surface area contributed by atoms with Crippen LogP contribution in [-0.4, -0.2) is 31.1 Å². The van der Waals surface area contributed by atoms with Gasteiger partial charge in [-0.3, -0.25) is 4.90 Å². The van der Waals surface area contributed by atoms with Crippen LogP contribution in [0.15, 0.2) is 54.4 Å². The molecule has 2 aromatic carbocycles. The Morgan fingerprint density at radius 1 is 1.11 bits per heavy atom. The molecule has 1 aliphatic rings. The molecule has 7 nitrogen and oxygen atoms in total. The Balaban J connectivity index is 1.79. The lowest BCUT2D eigenvalue weighted by molar-refractivity contribution is 0.0600. The number of urea groups is 1. The average Bonchev–Trinajstić information content (AvgIpc) is 2.85. The van der Waals surface area contributed by atoms with Gasteiger partial charge in [0.15, 0.2) is 0 Å². The molecule has 140 valence electrons. The summed E-state index contributed by atoms with van der Waals surface area (Å²) in [5, 5.41) is 2.84. The van der Waals surface area contributed by atoms with Crippen molar-refractivity contribution < 1.29 is 23.8 Å². The van der Waals surface area contributed by atoms with E-state index < -0.39 is 5.97 Å². The van der Waals surface area contributed by atoms with Crippen molar-refractivity contribution in [2.24, 2.45) is 0 Å². The first-order chi connectivity index (χ1) is 13.0. The summed E-state index contributed by atoms with van der Waals surface area (Å²) in [5.74, 6) is 1.32. The second-order valence-electron chi connectivity index (χ2n) is 5.94. The van der Waals surface area contributed by atoms with Gasteiger partial charge in [-0.25, -0.2) is 9.59 Å². The second kappa shape index (κ2) is 7.82. The number of nitrogens with one attached hydrogen (secondary N) is 1. The zero-order valence-electron chi connectivity index (χ0n) is 15.3. The Bertz CT molecular complexity index is 890. The standard InChI is InChI=1S/C20H20N2O5/c1-13-11-22(20(24)21-16-6-8-17(25-2)9-7-16)12-15-5-4-14(19(23)26-3)10-18(15)27-13/h4-11H,12H2,1-3H3,(H,21,24). The summed E-state index contributed by atoms with van der Waals surface area (Å²) < 4.78 is 15.6. The van der Waals surface area contributed by atoms with Crippen molar-refractivity contribution in [3.05, 3.63) is 65.6 Å². The molecule has 0 aromatic heterocycles. The summed E-state index contributed by atoms with van der Waals surface area (Å²) in [6.07, 6.45) is 1.62. The maximum absolute atomic E-state index is 12.7. The van der Waals surface area contributed by atoms with Crippen LogP contribution in [0.25, 0.3) is 0 Å². The fourth-order valence-electron chi connectivity index (χ4n) is 2.67. The first-order valence-electron chi connectivity index (χ1n) is 8.29. The van der Waals surface area contributed by atoms with E-state index in [1.165, 1.54) is 12.0 Å². The number of carbonyl (C=O) groups excluding carboxylic acids is 2. The molecule has 0 unspecified atom stereocenters. The number of hydrogen-bond acceptors (Lipinski definition) is 5. The topological polar surface area (TPSA) is 77.1 Å². The number of methoxy groups -OCH3 is 2. The molecule has 0 aliphatic carbocycles. The van der Waals surface area contributed by atoms with Crippen LogP contribution in [0, 0.1) is 0 Å². The number of ether oxygens (including phenoxy) is 3. The number of anilines is 1. The van der Waals surface area contributed by atoms with Gasteiger partial charge in [-0.15, -0.1) is 0 Å². The quantitative estimate of drug-likeness (QED) is 0.835. The highest BCUT2D eigenvalue weighted by Crippen LogP contribution is 2.28. The van der Waals surface area contributed by atoms with Crippen molar-refractivity contribution in [2.75, 3.05) is 19.5 Å². The molecule has 0 saturated heterocycles. The Morgan fingerprint density at radius 3 is 2.52 bits per heavy atom. The minimum atomic E-state index is -0.443. The third kappa shape index (κ3) is 4.20. The lowest BCUT2D eigenvalue weighted by atomic mass is 10.1. The van der Waals surface area contributed by atoms with Crippen LogP contribution in [-0.2, 0) is 11.3 Å². The number of allylic oxidation sites excluding steroid dienone is 1. The number of esters is 1. The first kappa shape index (κ1) is 18.3. The molecule has 1 heterocycles. The molecule has 0 saturated carbocycles. The van der Waals surface area contributed by atoms with E-state index in [1.807, 2.05) is 0 Å². The zero-order chi connectivity index (χ0) is 19.4. The van der Waals surface area contributed by atoms with E-state index >= 15 is 0 Å². The largest absolute Gasteiger partial charge is 0.497 e. The van der Waals surface area contributed by atoms with Gasteiger partial charge < -0.3 is 19.5 Å². The van der Waals surface area contributed by atoms with Crippen molar-refractivity contribution in [1.29, 1.82) is 0 Å². The molecule has 2 aromatic rings. The van der Waals surface area contributed by atoms with Crippen molar-refractivity contribution in [3.63, 3.8) is 0 Å². The third-order valence-electron chi connectivity index (χ3n) is 4.04. The number of carbonyl (C=O) groups is 2. The lowest BCUT2D eigenvalue weighted by Crippen LogP contribution is -2.29. The first-order valence-corrected chi connectivity index (χ1v) is 8.29. The summed E-state index contributed by atoms with van der Waals surface area (Å²) in [6, 6.07) is 11.8. The predicted octanol–water partition coefficient (Wildman–Crippen LogP) is 3.77. The Hall–Kier alpha value is -3.48. The number of fused-ring (bicyclic) bond motifs is 1. The number of nitrogens with zero attached hydrogens (tertiary/aromatic N) is 1. The van der Waals surface area contributed by atoms with E-state index in [9.17, 15) is 9.59 Å². The van der Waals surface area contributed by atoms with Gasteiger partial charge in [-0.05, 0) is 43.3 Å². The van der Waals surface area contributed by atoms with Gasteiger partial charge in [-0.1, -0.05) is 6.07 Å². The highest BCUT2D eigenvalue weighted by Gasteiger charge is 2.20. The predicted molar refractivity (Wildman–Crippen MR) is 99.7 cm³/mol. The van der Waals surface area contributed by atoms with Crippen LogP contribution in [0.3, 0.4) is 0 Å². The van der Waals surface area contributed by atoms with Gasteiger partial charge in [-0.2, -0.15) is 0 Å². The Kier molecular flexibility index (Phi) is 5.30. The molecule has 0 bridgehead atoms. The molecule has 1 aliphatic heterocycles. The number of amides is 2. The van der Waals surface area contributed by atoms with E-state index in [-0.39, 0.29) is 6.03 Å². The summed E-state index contributed by atoms with van der Waals surface area (Å²) in [6.45, 7) is 2.05. The summed E-state index contributed by atoms with van der Waals surface area (Å²) in [5.41, 5.74) is 1.82. The lowest BCUT2D eigenvalue weighted by Gasteiger charge is -2.18. The van der Waals surface area contributed by atoms with Crippen LogP contribution < -0.4 is 14.8 Å². The van der Waals surface area contributed by atoms with E-state index in [1.54, 1.807) is 62.7 Å². The minimum Gasteiger partial charge on any atom is -0.497 e. The fraction of sp³-hybridized carbons (Fsp3) is 0.200. The fourth-order valence-corrected chi connectivity index (χ4v) is 2.67. The van der Waals surface area contributed by atoms with E-state index in [4.69, 9.17) is 14.2 Å². The van der Waals surface area contributed by atoms with Crippen LogP contribution in [0.5, 0.6) is 11.5 Å². The van der Waals surface area contributed by atoms with Crippen LogP contribution in [0.2, 0.25) is 0 Å². The van der Waals surface area contributed by atoms with Gasteiger partial charge >= 0.3 is 12.0 Å². The van der Waals surface area contributed by atoms with Gasteiger partial charge in [0.1, 0.15) is 17.3 Å². The summed E-state index contributed by atoms with van der Waals surface area (Å²) in [4.78, 5) is 25.9. The maximum atomic E-state index is 12.7. The molecule has 7 heteroatoms. The van der Waals surface area contributed by atoms with Crippen LogP contribution >= 0.6 is 0 Å². The monoisotopic (exact) mass is 368 g/mol. The van der Waals surface area contributed by atoms with Crippen molar-refractivity contribution in [2.45, 2.75) is 13.5 Å². The SMILES string of the molecule is COC(=O)c1ccc2c(c1)OC(C)=CN(C(=O)Nc1ccc(OC)cc1)C2. The van der Waals surface area contributed by atoms with Gasteiger partial charge in [0.05, 0.1) is 26.3 Å². The molecule has 0 radical (unpaired) electrons. The summed E-state index contributed by atoms with van der Waals surface area (Å²) in [7, 11) is 2.91. The van der Waals surface area contributed by atoms with Crippen molar-refractivity contribution in [3.8, 4) is 11.5 Å². The number of benzene rings is 2. The molecule has 0 fully saturated rings. The molecule has 0 atom stereocenters. The Morgan fingerprint density at radius 2 is 1.85 bits per heavy atom. The highest BCUT2D eigenvalue weighted by atomic mass is 16.5.